The van der Waals surface area contributed by atoms with Gasteiger partial charge in [0, 0.05) is 39.1 Å². The minimum absolute atomic E-state index is 0.00140. The van der Waals surface area contributed by atoms with Crippen LogP contribution in [0.4, 0.5) is 16.0 Å². The maximum atomic E-state index is 14.2. The van der Waals surface area contributed by atoms with E-state index >= 15 is 0 Å². The van der Waals surface area contributed by atoms with Gasteiger partial charge in [-0.05, 0) is 26.0 Å². The highest BCUT2D eigenvalue weighted by Gasteiger charge is 2.66. The number of methoxy groups -OCH3 is 1. The van der Waals surface area contributed by atoms with E-state index in [-0.39, 0.29) is 35.4 Å². The Balaban J connectivity index is 1.19. The predicted octanol–water partition coefficient (Wildman–Crippen LogP) is 0.958. The second-order valence-corrected chi connectivity index (χ2v) is 11.1. The summed E-state index contributed by atoms with van der Waals surface area (Å²) in [7, 11) is 2.77. The number of aryl methyl sites for hydroxylation is 1. The van der Waals surface area contributed by atoms with Crippen LogP contribution in [0.1, 0.15) is 19.9 Å². The molecule has 2 fully saturated rings. The Morgan fingerprint density at radius 3 is 2.56 bits per heavy atom. The largest absolute Gasteiger partial charge is 0.377 e. The number of carbonyl (C=O) groups is 2. The molecule has 6 rings (SSSR count). The molecule has 1 saturated heterocycles. The third kappa shape index (κ3) is 4.88. The lowest BCUT2D eigenvalue weighted by atomic mass is 10.2. The molecule has 1 saturated carbocycles. The van der Waals surface area contributed by atoms with Crippen LogP contribution in [0.15, 0.2) is 46.5 Å². The molecule has 1 aliphatic heterocycles. The first-order chi connectivity index (χ1) is 20.5. The van der Waals surface area contributed by atoms with Gasteiger partial charge < -0.3 is 19.5 Å². The van der Waals surface area contributed by atoms with E-state index in [1.165, 1.54) is 25.1 Å². The van der Waals surface area contributed by atoms with Crippen LogP contribution in [-0.2, 0) is 27.9 Å². The molecule has 4 aromatic rings. The molecule has 0 spiro atoms. The topological polar surface area (TPSA) is 159 Å². The van der Waals surface area contributed by atoms with Crippen molar-refractivity contribution < 1.29 is 18.7 Å². The van der Waals surface area contributed by atoms with Crippen LogP contribution in [0.5, 0.6) is 0 Å². The second kappa shape index (κ2) is 10.5. The van der Waals surface area contributed by atoms with Crippen LogP contribution in [0.3, 0.4) is 0 Å². The van der Waals surface area contributed by atoms with Crippen molar-refractivity contribution in [1.82, 2.24) is 33.6 Å². The number of alkyl halides is 1. The van der Waals surface area contributed by atoms with Gasteiger partial charge in [-0.15, -0.1) is 0 Å². The van der Waals surface area contributed by atoms with Crippen molar-refractivity contribution in [2.24, 2.45) is 18.9 Å². The number of nitrogens with zero attached hydrogens (tertiary/aromatic N) is 8. The van der Waals surface area contributed by atoms with Crippen molar-refractivity contribution in [3.8, 4) is 11.4 Å². The van der Waals surface area contributed by atoms with E-state index < -0.39 is 41.2 Å². The van der Waals surface area contributed by atoms with E-state index in [0.29, 0.717) is 30.3 Å². The van der Waals surface area contributed by atoms with Gasteiger partial charge in [0.05, 0.1) is 31.0 Å². The van der Waals surface area contributed by atoms with Gasteiger partial charge in [0.1, 0.15) is 35.6 Å². The summed E-state index contributed by atoms with van der Waals surface area (Å²) in [6.45, 7) is 3.73. The number of ketones is 1. The maximum Gasteiger partial charge on any atom is 0.332 e. The molecule has 0 aromatic carbocycles. The molecule has 15 heteroatoms. The van der Waals surface area contributed by atoms with Gasteiger partial charge in [0.2, 0.25) is 5.91 Å². The molecule has 1 amide bonds. The number of halogens is 1. The number of amides is 1. The van der Waals surface area contributed by atoms with Crippen molar-refractivity contribution in [2.75, 3.05) is 37.0 Å². The number of pyridine rings is 1. The summed E-state index contributed by atoms with van der Waals surface area (Å²) in [4.78, 5) is 71.1. The fourth-order valence-corrected chi connectivity index (χ4v) is 5.73. The maximum absolute atomic E-state index is 14.2. The molecule has 3 atom stereocenters. The molecule has 1 N–H and O–H groups in total. The Hall–Kier alpha value is -4.79. The van der Waals surface area contributed by atoms with Gasteiger partial charge in [0.15, 0.2) is 16.9 Å². The highest BCUT2D eigenvalue weighted by molar-refractivity contribution is 5.93. The molecule has 0 bridgehead atoms. The summed E-state index contributed by atoms with van der Waals surface area (Å²) in [5, 5.41) is 2.75. The number of piperidine rings is 1. The standard InChI is InChI=1S/C28H30FN9O5/c1-15(38-14-32-24-23(38)26(41)37(27(42)35(24)3)10-16(39)13-43-4)25(40)34-21-7-5-6-19(33-21)20-8-31-22(9-30-20)36-11-17-18(12-36)28(17,2)29/h5-9,14-15,17-18H,10-13H2,1-4H3,(H,33,34,40)/t15-,17?,18?,28?/m0/s1. The molecule has 0 radical (unpaired) electrons. The molecule has 14 nitrogen and oxygen atoms in total. The van der Waals surface area contributed by atoms with E-state index in [0.717, 1.165) is 9.13 Å². The van der Waals surface area contributed by atoms with Gasteiger partial charge in [-0.3, -0.25) is 23.5 Å². The van der Waals surface area contributed by atoms with Crippen molar-refractivity contribution in [2.45, 2.75) is 32.1 Å². The average Bonchev–Trinajstić information content (AvgIpc) is 3.41. The van der Waals surface area contributed by atoms with Crippen molar-refractivity contribution in [1.29, 1.82) is 0 Å². The Morgan fingerprint density at radius 1 is 1.14 bits per heavy atom. The van der Waals surface area contributed by atoms with Gasteiger partial charge in [-0.25, -0.2) is 29.1 Å². The number of Topliss-reactive ketones (excluding diaryl/α,β-unsaturated/α-hetero) is 1. The number of aromatic nitrogens is 7. The average molecular weight is 592 g/mol. The fraction of sp³-hybridized carbons (Fsp3) is 0.429. The summed E-state index contributed by atoms with van der Waals surface area (Å²) >= 11 is 0. The van der Waals surface area contributed by atoms with Gasteiger partial charge in [-0.2, -0.15) is 0 Å². The zero-order valence-electron chi connectivity index (χ0n) is 24.0. The van der Waals surface area contributed by atoms with E-state index in [1.54, 1.807) is 44.4 Å². The first-order valence-electron chi connectivity index (χ1n) is 13.7. The number of fused-ring (bicyclic) bond motifs is 2. The van der Waals surface area contributed by atoms with Crippen molar-refractivity contribution in [3.63, 3.8) is 0 Å². The zero-order valence-corrected chi connectivity index (χ0v) is 24.0. The summed E-state index contributed by atoms with van der Waals surface area (Å²) in [5.74, 6) is 0.0558. The lowest BCUT2D eigenvalue weighted by molar-refractivity contribution is -0.123. The smallest absolute Gasteiger partial charge is 0.332 e. The Kier molecular flexibility index (Phi) is 6.91. The molecule has 1 aliphatic carbocycles. The lowest BCUT2D eigenvalue weighted by Crippen LogP contribution is -2.42. The molecule has 4 aromatic heterocycles. The molecule has 5 heterocycles. The number of hydrogen-bond acceptors (Lipinski definition) is 10. The minimum Gasteiger partial charge on any atom is -0.377 e. The number of rotatable bonds is 9. The molecule has 2 unspecified atom stereocenters. The third-order valence-corrected chi connectivity index (χ3v) is 8.38. The Bertz CT molecular complexity index is 1850. The van der Waals surface area contributed by atoms with E-state index in [1.807, 2.05) is 4.90 Å². The number of carbonyl (C=O) groups excluding carboxylic acids is 2. The predicted molar refractivity (Wildman–Crippen MR) is 153 cm³/mol. The molecule has 2 aliphatic rings. The van der Waals surface area contributed by atoms with Gasteiger partial charge in [-0.1, -0.05) is 6.07 Å². The molecular weight excluding hydrogens is 561 g/mol. The minimum atomic E-state index is -1.08. The number of ether oxygens (including phenoxy) is 1. The van der Waals surface area contributed by atoms with Crippen LogP contribution >= 0.6 is 0 Å². The van der Waals surface area contributed by atoms with Crippen LogP contribution in [0.25, 0.3) is 22.6 Å². The second-order valence-electron chi connectivity index (χ2n) is 11.1. The molecular formula is C28H30FN9O5. The lowest BCUT2D eigenvalue weighted by Gasteiger charge is -2.21. The highest BCUT2D eigenvalue weighted by atomic mass is 19.1. The van der Waals surface area contributed by atoms with E-state index in [9.17, 15) is 23.6 Å². The number of nitrogens with one attached hydrogen (secondary N) is 1. The number of anilines is 2. The summed E-state index contributed by atoms with van der Waals surface area (Å²) < 4.78 is 22.3. The number of hydrogen-bond donors (Lipinski definition) is 1. The van der Waals surface area contributed by atoms with Crippen molar-refractivity contribution in [3.05, 3.63) is 57.8 Å². The van der Waals surface area contributed by atoms with E-state index in [4.69, 9.17) is 4.74 Å². The van der Waals surface area contributed by atoms with Crippen molar-refractivity contribution >= 4 is 34.5 Å². The van der Waals surface area contributed by atoms with Crippen LogP contribution in [0.2, 0.25) is 0 Å². The fourth-order valence-electron chi connectivity index (χ4n) is 5.73. The normalized spacial score (nSPS) is 21.6. The van der Waals surface area contributed by atoms with Gasteiger partial charge >= 0.3 is 5.69 Å². The first-order valence-corrected chi connectivity index (χ1v) is 13.7. The van der Waals surface area contributed by atoms with E-state index in [2.05, 4.69) is 25.3 Å². The zero-order chi connectivity index (χ0) is 30.6. The Labute approximate surface area is 244 Å². The Morgan fingerprint density at radius 2 is 1.88 bits per heavy atom. The summed E-state index contributed by atoms with van der Waals surface area (Å²) in [6, 6.07) is 4.14. The summed E-state index contributed by atoms with van der Waals surface area (Å²) in [6.07, 6.45) is 4.53. The number of imidazole rings is 1. The summed E-state index contributed by atoms with van der Waals surface area (Å²) in [5.41, 5.74) is -1.47. The van der Waals surface area contributed by atoms with Gasteiger partial charge in [0.25, 0.3) is 5.56 Å². The van der Waals surface area contributed by atoms with Crippen LogP contribution < -0.4 is 21.5 Å². The van der Waals surface area contributed by atoms with Crippen LogP contribution in [0, 0.1) is 11.8 Å². The van der Waals surface area contributed by atoms with Crippen LogP contribution in [-0.4, -0.2) is 77.8 Å². The molecule has 224 valence electrons. The highest BCUT2D eigenvalue weighted by Crippen LogP contribution is 2.58. The third-order valence-electron chi connectivity index (χ3n) is 8.38. The first kappa shape index (κ1) is 28.3. The monoisotopic (exact) mass is 591 g/mol. The quantitative estimate of drug-likeness (QED) is 0.297. The SMILES string of the molecule is COCC(=O)Cn1c(=O)c2c(ncn2[C@@H](C)C(=O)Nc2cccc(-c3cnc(N4CC5C(C4)C5(C)F)cn3)n2)n(C)c1=O. The molecule has 43 heavy (non-hydrogen) atoms.